The molecule has 0 fully saturated rings. The Morgan fingerprint density at radius 2 is 2.08 bits per heavy atom. The highest BCUT2D eigenvalue weighted by Gasteiger charge is 1.92. The minimum atomic E-state index is -0.133. The quantitative estimate of drug-likeness (QED) is 0.659. The number of nitrogens with zero attached hydrogens (tertiary/aromatic N) is 1. The minimum Gasteiger partial charge on any atom is -0.274 e. The first-order valence-electron chi connectivity index (χ1n) is 3.76. The van der Waals surface area contributed by atoms with E-state index in [0.29, 0.717) is 6.54 Å². The van der Waals surface area contributed by atoms with Crippen molar-refractivity contribution in [1.82, 2.24) is 10.9 Å². The average Bonchev–Trinajstić information content (AvgIpc) is 2.05. The highest BCUT2D eigenvalue weighted by Crippen LogP contribution is 1.96. The van der Waals surface area contributed by atoms with Gasteiger partial charge in [0, 0.05) is 6.92 Å². The highest BCUT2D eigenvalue weighted by atomic mass is 16.2. The summed E-state index contributed by atoms with van der Waals surface area (Å²) in [7, 11) is 0. The summed E-state index contributed by atoms with van der Waals surface area (Å²) >= 11 is 0. The van der Waals surface area contributed by atoms with E-state index in [-0.39, 0.29) is 5.91 Å². The molecule has 12 heavy (non-hydrogen) atoms. The predicted octanol–water partition coefficient (Wildman–Crippen LogP) is 0.842. The largest absolute Gasteiger partial charge is 0.274 e. The van der Waals surface area contributed by atoms with Gasteiger partial charge in [0.1, 0.15) is 0 Å². The lowest BCUT2D eigenvalue weighted by Gasteiger charge is -2.00. The SMILES string of the molecule is CC(=O)N[N]Cc1ccccc1. The van der Waals surface area contributed by atoms with E-state index < -0.39 is 0 Å². The lowest BCUT2D eigenvalue weighted by atomic mass is 10.2. The van der Waals surface area contributed by atoms with Crippen LogP contribution in [-0.2, 0) is 11.3 Å². The smallest absolute Gasteiger partial charge is 0.232 e. The van der Waals surface area contributed by atoms with Crippen LogP contribution in [0.15, 0.2) is 30.3 Å². The van der Waals surface area contributed by atoms with Crippen molar-refractivity contribution in [2.75, 3.05) is 0 Å². The Bertz CT molecular complexity index is 246. The molecule has 0 aliphatic carbocycles. The fourth-order valence-corrected chi connectivity index (χ4v) is 0.826. The van der Waals surface area contributed by atoms with Gasteiger partial charge in [-0.3, -0.25) is 10.2 Å². The van der Waals surface area contributed by atoms with Crippen LogP contribution in [0.25, 0.3) is 0 Å². The molecule has 3 heteroatoms. The molecule has 0 aliphatic rings. The Labute approximate surface area is 71.8 Å². The van der Waals surface area contributed by atoms with Gasteiger partial charge in [-0.2, -0.15) is 0 Å². The molecular weight excluding hydrogens is 152 g/mol. The number of hydrogen-bond acceptors (Lipinski definition) is 1. The van der Waals surface area contributed by atoms with Crippen molar-refractivity contribution < 1.29 is 4.79 Å². The molecule has 1 aromatic carbocycles. The lowest BCUT2D eigenvalue weighted by Crippen LogP contribution is -2.28. The van der Waals surface area contributed by atoms with E-state index in [4.69, 9.17) is 0 Å². The molecule has 0 spiro atoms. The first-order valence-corrected chi connectivity index (χ1v) is 3.76. The second-order valence-electron chi connectivity index (χ2n) is 2.47. The van der Waals surface area contributed by atoms with Crippen LogP contribution in [-0.4, -0.2) is 5.91 Å². The molecule has 0 unspecified atom stereocenters. The van der Waals surface area contributed by atoms with Gasteiger partial charge in [-0.25, -0.2) is 0 Å². The Hall–Kier alpha value is -1.35. The molecule has 0 atom stereocenters. The second-order valence-corrected chi connectivity index (χ2v) is 2.47. The summed E-state index contributed by atoms with van der Waals surface area (Å²) in [4.78, 5) is 10.4. The summed E-state index contributed by atoms with van der Waals surface area (Å²) in [6.07, 6.45) is 0. The van der Waals surface area contributed by atoms with Gasteiger partial charge in [0.05, 0.1) is 6.54 Å². The van der Waals surface area contributed by atoms with Crippen molar-refractivity contribution in [1.29, 1.82) is 0 Å². The van der Waals surface area contributed by atoms with Crippen molar-refractivity contribution in [3.63, 3.8) is 0 Å². The maximum absolute atomic E-state index is 10.4. The van der Waals surface area contributed by atoms with Crippen LogP contribution in [0.1, 0.15) is 12.5 Å². The number of benzene rings is 1. The molecule has 1 rings (SSSR count). The summed E-state index contributed by atoms with van der Waals surface area (Å²) < 4.78 is 0. The zero-order chi connectivity index (χ0) is 8.81. The number of nitrogens with one attached hydrogen (secondary N) is 1. The molecule has 0 heterocycles. The normalized spacial score (nSPS) is 9.42. The molecule has 1 N–H and O–H groups in total. The summed E-state index contributed by atoms with van der Waals surface area (Å²) in [5, 5.41) is 0. The van der Waals surface area contributed by atoms with E-state index >= 15 is 0 Å². The van der Waals surface area contributed by atoms with Crippen LogP contribution < -0.4 is 10.9 Å². The standard InChI is InChI=1S/C9H11N2O/c1-8(12)11-10-7-9-5-3-2-4-6-9/h2-6H,7H2,1H3,(H,11,12). The fourth-order valence-electron chi connectivity index (χ4n) is 0.826. The molecule has 0 aliphatic heterocycles. The molecule has 0 saturated heterocycles. The van der Waals surface area contributed by atoms with E-state index in [1.54, 1.807) is 0 Å². The predicted molar refractivity (Wildman–Crippen MR) is 46.1 cm³/mol. The summed E-state index contributed by atoms with van der Waals surface area (Å²) in [6, 6.07) is 9.76. The Balaban J connectivity index is 2.29. The third-order valence-corrected chi connectivity index (χ3v) is 1.34. The Morgan fingerprint density at radius 3 is 2.67 bits per heavy atom. The van der Waals surface area contributed by atoms with Crippen molar-refractivity contribution in [3.05, 3.63) is 35.9 Å². The Kier molecular flexibility index (Phi) is 3.29. The van der Waals surface area contributed by atoms with E-state index in [9.17, 15) is 4.79 Å². The molecule has 0 aromatic heterocycles. The van der Waals surface area contributed by atoms with Gasteiger partial charge in [-0.1, -0.05) is 30.3 Å². The number of hydrogen-bond donors (Lipinski definition) is 1. The number of carbonyl (C=O) groups excluding carboxylic acids is 1. The zero-order valence-corrected chi connectivity index (χ0v) is 6.95. The van der Waals surface area contributed by atoms with E-state index in [2.05, 4.69) is 10.9 Å². The maximum atomic E-state index is 10.4. The van der Waals surface area contributed by atoms with Gasteiger partial charge < -0.3 is 0 Å². The third-order valence-electron chi connectivity index (χ3n) is 1.34. The number of rotatable bonds is 3. The number of carbonyl (C=O) groups is 1. The van der Waals surface area contributed by atoms with Crippen LogP contribution in [0, 0.1) is 0 Å². The molecule has 1 amide bonds. The highest BCUT2D eigenvalue weighted by molar-refractivity contribution is 5.72. The topological polar surface area (TPSA) is 43.2 Å². The molecule has 3 nitrogen and oxygen atoms in total. The zero-order valence-electron chi connectivity index (χ0n) is 6.95. The van der Waals surface area contributed by atoms with Crippen LogP contribution >= 0.6 is 0 Å². The van der Waals surface area contributed by atoms with E-state index in [1.165, 1.54) is 6.92 Å². The van der Waals surface area contributed by atoms with Crippen molar-refractivity contribution in [2.45, 2.75) is 13.5 Å². The van der Waals surface area contributed by atoms with Crippen molar-refractivity contribution in [3.8, 4) is 0 Å². The van der Waals surface area contributed by atoms with Crippen molar-refractivity contribution >= 4 is 5.91 Å². The number of amides is 1. The molecular formula is C9H11N2O. The van der Waals surface area contributed by atoms with E-state index in [0.717, 1.165) is 5.56 Å². The van der Waals surface area contributed by atoms with Gasteiger partial charge in [-0.15, -0.1) is 5.43 Å². The molecule has 1 radical (unpaired) electrons. The molecule has 0 bridgehead atoms. The van der Waals surface area contributed by atoms with Crippen LogP contribution in [0.5, 0.6) is 0 Å². The van der Waals surface area contributed by atoms with Gasteiger partial charge in [0.15, 0.2) is 0 Å². The first-order chi connectivity index (χ1) is 5.79. The molecule has 1 aromatic rings. The van der Waals surface area contributed by atoms with Crippen molar-refractivity contribution in [2.24, 2.45) is 0 Å². The molecule has 0 saturated carbocycles. The second kappa shape index (κ2) is 4.51. The minimum absolute atomic E-state index is 0.133. The summed E-state index contributed by atoms with van der Waals surface area (Å²) in [5.74, 6) is -0.133. The summed E-state index contributed by atoms with van der Waals surface area (Å²) in [6.45, 7) is 1.97. The summed E-state index contributed by atoms with van der Waals surface area (Å²) in [5.41, 5.74) is 7.31. The monoisotopic (exact) mass is 163 g/mol. The third kappa shape index (κ3) is 3.16. The Morgan fingerprint density at radius 1 is 1.42 bits per heavy atom. The fraction of sp³-hybridized carbons (Fsp3) is 0.222. The lowest BCUT2D eigenvalue weighted by molar-refractivity contribution is -0.120. The van der Waals surface area contributed by atoms with E-state index in [1.807, 2.05) is 30.3 Å². The maximum Gasteiger partial charge on any atom is 0.232 e. The van der Waals surface area contributed by atoms with Gasteiger partial charge in [0.2, 0.25) is 5.91 Å². The van der Waals surface area contributed by atoms with Crippen LogP contribution in [0.3, 0.4) is 0 Å². The first kappa shape index (κ1) is 8.74. The van der Waals surface area contributed by atoms with Crippen LogP contribution in [0.2, 0.25) is 0 Å². The average molecular weight is 163 g/mol. The van der Waals surface area contributed by atoms with Gasteiger partial charge in [-0.05, 0) is 5.56 Å². The van der Waals surface area contributed by atoms with Crippen LogP contribution in [0.4, 0.5) is 0 Å². The van der Waals surface area contributed by atoms with Gasteiger partial charge in [0.25, 0.3) is 0 Å². The van der Waals surface area contributed by atoms with Gasteiger partial charge >= 0.3 is 0 Å². The molecule has 63 valence electrons.